The number of aromatic nitrogens is 2. The third kappa shape index (κ3) is 3.20. The lowest BCUT2D eigenvalue weighted by molar-refractivity contribution is 0.527. The normalized spacial score (nSPS) is 12.7. The second-order valence-corrected chi connectivity index (χ2v) is 5.35. The fourth-order valence-corrected chi connectivity index (χ4v) is 2.46. The predicted octanol–water partition coefficient (Wildman–Crippen LogP) is 2.38. The first-order valence-corrected chi connectivity index (χ1v) is 6.71. The maximum Gasteiger partial charge on any atom is 0.137 e. The standard InChI is InChI=1S/C13H16BrFN4/c1-8-5-10(19(2)18-8)7-13(17-16)9-3-4-12(15)11(14)6-9/h3-6,13,17H,7,16H2,1-2H3. The summed E-state index contributed by atoms with van der Waals surface area (Å²) in [7, 11) is 1.90. The van der Waals surface area contributed by atoms with E-state index in [-0.39, 0.29) is 11.9 Å². The van der Waals surface area contributed by atoms with E-state index in [0.29, 0.717) is 10.9 Å². The Hall–Kier alpha value is -1.24. The average Bonchev–Trinajstić information content (AvgIpc) is 2.68. The van der Waals surface area contributed by atoms with Crippen LogP contribution in [0.4, 0.5) is 4.39 Å². The van der Waals surface area contributed by atoms with Crippen molar-refractivity contribution in [2.75, 3.05) is 0 Å². The van der Waals surface area contributed by atoms with Gasteiger partial charge in [0.2, 0.25) is 0 Å². The molecule has 1 unspecified atom stereocenters. The maximum atomic E-state index is 13.2. The van der Waals surface area contributed by atoms with E-state index >= 15 is 0 Å². The first kappa shape index (κ1) is 14.2. The van der Waals surface area contributed by atoms with Crippen LogP contribution in [0, 0.1) is 12.7 Å². The summed E-state index contributed by atoms with van der Waals surface area (Å²) >= 11 is 3.19. The van der Waals surface area contributed by atoms with E-state index in [1.54, 1.807) is 12.1 Å². The summed E-state index contributed by atoms with van der Waals surface area (Å²) in [6.07, 6.45) is 0.686. The summed E-state index contributed by atoms with van der Waals surface area (Å²) in [6.45, 7) is 1.95. The number of nitrogens with two attached hydrogens (primary N) is 1. The SMILES string of the molecule is Cc1cc(CC(NN)c2ccc(F)c(Br)c2)n(C)n1. The Morgan fingerprint density at radius 2 is 2.21 bits per heavy atom. The average molecular weight is 327 g/mol. The number of aryl methyl sites for hydroxylation is 2. The lowest BCUT2D eigenvalue weighted by Gasteiger charge is -2.16. The second kappa shape index (κ2) is 5.81. The Labute approximate surface area is 119 Å². The van der Waals surface area contributed by atoms with Gasteiger partial charge in [-0.3, -0.25) is 16.0 Å². The first-order chi connectivity index (χ1) is 9.01. The zero-order valence-corrected chi connectivity index (χ0v) is 12.4. The van der Waals surface area contributed by atoms with Crippen LogP contribution in [0.15, 0.2) is 28.7 Å². The van der Waals surface area contributed by atoms with Crippen molar-refractivity contribution in [3.63, 3.8) is 0 Å². The van der Waals surface area contributed by atoms with Crippen molar-refractivity contribution >= 4 is 15.9 Å². The lowest BCUT2D eigenvalue weighted by atomic mass is 10.0. The molecule has 0 aliphatic heterocycles. The molecule has 102 valence electrons. The van der Waals surface area contributed by atoms with Crippen LogP contribution in [0.2, 0.25) is 0 Å². The molecule has 2 aromatic rings. The van der Waals surface area contributed by atoms with Gasteiger partial charge in [0, 0.05) is 19.2 Å². The Kier molecular flexibility index (Phi) is 4.34. The van der Waals surface area contributed by atoms with Crippen LogP contribution in [0.3, 0.4) is 0 Å². The van der Waals surface area contributed by atoms with Crippen LogP contribution in [-0.4, -0.2) is 9.78 Å². The number of nitrogens with zero attached hydrogens (tertiary/aromatic N) is 2. The minimum Gasteiger partial charge on any atom is -0.272 e. The van der Waals surface area contributed by atoms with Gasteiger partial charge >= 0.3 is 0 Å². The minimum atomic E-state index is -0.282. The quantitative estimate of drug-likeness (QED) is 0.670. The lowest BCUT2D eigenvalue weighted by Crippen LogP contribution is -2.30. The van der Waals surface area contributed by atoms with Crippen LogP contribution in [0.25, 0.3) is 0 Å². The summed E-state index contributed by atoms with van der Waals surface area (Å²) < 4.78 is 15.5. The predicted molar refractivity (Wildman–Crippen MR) is 75.8 cm³/mol. The highest BCUT2D eigenvalue weighted by atomic mass is 79.9. The van der Waals surface area contributed by atoms with E-state index in [4.69, 9.17) is 5.84 Å². The molecule has 1 aromatic carbocycles. The summed E-state index contributed by atoms with van der Waals surface area (Å²) in [5.74, 6) is 5.33. The second-order valence-electron chi connectivity index (χ2n) is 4.50. The molecule has 0 radical (unpaired) electrons. The molecule has 0 saturated carbocycles. The van der Waals surface area contributed by atoms with Gasteiger partial charge in [-0.25, -0.2) is 4.39 Å². The van der Waals surface area contributed by atoms with Gasteiger partial charge in [0.1, 0.15) is 5.82 Å². The van der Waals surface area contributed by atoms with Gasteiger partial charge in [0.05, 0.1) is 16.2 Å². The fraction of sp³-hybridized carbons (Fsp3) is 0.308. The van der Waals surface area contributed by atoms with Gasteiger partial charge in [-0.2, -0.15) is 5.10 Å². The van der Waals surface area contributed by atoms with E-state index in [1.807, 2.05) is 24.7 Å². The number of rotatable bonds is 4. The minimum absolute atomic E-state index is 0.0910. The molecule has 6 heteroatoms. The molecular weight excluding hydrogens is 311 g/mol. The van der Waals surface area contributed by atoms with Crippen molar-refractivity contribution in [3.05, 3.63) is 51.5 Å². The number of hydrogen-bond donors (Lipinski definition) is 2. The molecule has 1 aromatic heterocycles. The maximum absolute atomic E-state index is 13.2. The Morgan fingerprint density at radius 3 is 2.74 bits per heavy atom. The Morgan fingerprint density at radius 1 is 1.47 bits per heavy atom. The number of hydrogen-bond acceptors (Lipinski definition) is 3. The van der Waals surface area contributed by atoms with E-state index in [1.165, 1.54) is 6.07 Å². The molecule has 1 heterocycles. The Bertz CT molecular complexity index is 582. The fourth-order valence-electron chi connectivity index (χ4n) is 2.07. The van der Waals surface area contributed by atoms with Gasteiger partial charge in [-0.15, -0.1) is 0 Å². The summed E-state index contributed by atoms with van der Waals surface area (Å²) in [5.41, 5.74) is 5.73. The van der Waals surface area contributed by atoms with E-state index < -0.39 is 0 Å². The first-order valence-electron chi connectivity index (χ1n) is 5.92. The third-order valence-corrected chi connectivity index (χ3v) is 3.67. The van der Waals surface area contributed by atoms with Gasteiger partial charge in [-0.1, -0.05) is 6.07 Å². The van der Waals surface area contributed by atoms with Crippen LogP contribution >= 0.6 is 15.9 Å². The molecule has 0 spiro atoms. The van der Waals surface area contributed by atoms with Crippen LogP contribution in [0.1, 0.15) is 23.0 Å². The Balaban J connectivity index is 2.24. The van der Waals surface area contributed by atoms with Gasteiger partial charge in [0.15, 0.2) is 0 Å². The monoisotopic (exact) mass is 326 g/mol. The smallest absolute Gasteiger partial charge is 0.137 e. The van der Waals surface area contributed by atoms with Gasteiger partial charge in [0.25, 0.3) is 0 Å². The molecule has 0 bridgehead atoms. The molecule has 0 saturated heterocycles. The van der Waals surface area contributed by atoms with E-state index in [2.05, 4.69) is 26.5 Å². The number of halogens is 2. The van der Waals surface area contributed by atoms with Crippen molar-refractivity contribution in [2.45, 2.75) is 19.4 Å². The van der Waals surface area contributed by atoms with Crippen molar-refractivity contribution in [2.24, 2.45) is 12.9 Å². The highest BCUT2D eigenvalue weighted by Gasteiger charge is 2.14. The van der Waals surface area contributed by atoms with Gasteiger partial charge in [-0.05, 0) is 46.6 Å². The summed E-state index contributed by atoms with van der Waals surface area (Å²) in [6, 6.07) is 6.82. The highest BCUT2D eigenvalue weighted by molar-refractivity contribution is 9.10. The zero-order chi connectivity index (χ0) is 14.0. The molecule has 4 nitrogen and oxygen atoms in total. The summed E-state index contributed by atoms with van der Waals surface area (Å²) in [4.78, 5) is 0. The van der Waals surface area contributed by atoms with Crippen LogP contribution < -0.4 is 11.3 Å². The van der Waals surface area contributed by atoms with Gasteiger partial charge < -0.3 is 0 Å². The molecule has 2 rings (SSSR count). The van der Waals surface area contributed by atoms with Crippen molar-refractivity contribution in [3.8, 4) is 0 Å². The molecule has 1 atom stereocenters. The van der Waals surface area contributed by atoms with E-state index in [0.717, 1.165) is 17.0 Å². The van der Waals surface area contributed by atoms with E-state index in [9.17, 15) is 4.39 Å². The molecule has 0 fully saturated rings. The van der Waals surface area contributed by atoms with Crippen molar-refractivity contribution in [1.82, 2.24) is 15.2 Å². The van der Waals surface area contributed by atoms with Crippen molar-refractivity contribution < 1.29 is 4.39 Å². The molecule has 0 amide bonds. The number of hydrazine groups is 1. The van der Waals surface area contributed by atoms with Crippen LogP contribution in [-0.2, 0) is 13.5 Å². The molecular formula is C13H16BrFN4. The molecule has 0 aliphatic carbocycles. The van der Waals surface area contributed by atoms with Crippen LogP contribution in [0.5, 0.6) is 0 Å². The molecule has 19 heavy (non-hydrogen) atoms. The number of nitrogens with one attached hydrogen (secondary N) is 1. The van der Waals surface area contributed by atoms with Crippen molar-refractivity contribution in [1.29, 1.82) is 0 Å². The third-order valence-electron chi connectivity index (χ3n) is 3.06. The zero-order valence-electron chi connectivity index (χ0n) is 10.8. The largest absolute Gasteiger partial charge is 0.272 e. The molecule has 0 aliphatic rings. The topological polar surface area (TPSA) is 55.9 Å². The highest BCUT2D eigenvalue weighted by Crippen LogP contribution is 2.23. The molecule has 3 N–H and O–H groups in total. The summed E-state index contributed by atoms with van der Waals surface area (Å²) in [5, 5.41) is 4.30. The number of benzene rings is 1.